The molecule has 0 aromatic carbocycles. The number of carbonyl (C=O) groups is 3. The highest BCUT2D eigenvalue weighted by molar-refractivity contribution is 5.71. The molecular weight excluding hydrogens is 937 g/mol. The minimum absolute atomic E-state index is 0.0946. The first kappa shape index (κ1) is 72.1. The molecule has 0 fully saturated rings. The molecule has 0 aliphatic heterocycles. The van der Waals surface area contributed by atoms with Crippen LogP contribution < -0.4 is 0 Å². The molecule has 0 radical (unpaired) electrons. The van der Waals surface area contributed by atoms with Gasteiger partial charge >= 0.3 is 17.9 Å². The maximum absolute atomic E-state index is 12.9. The molecule has 0 spiro atoms. The maximum atomic E-state index is 12.9. The number of allylic oxidation sites excluding steroid dienone is 18. The molecule has 0 N–H and O–H groups in total. The first-order chi connectivity index (χ1) is 37.5. The van der Waals surface area contributed by atoms with Gasteiger partial charge in [-0.25, -0.2) is 0 Å². The number of hydrogen-bond donors (Lipinski definition) is 0. The standard InChI is InChI=1S/C70H118O6/c1-4-7-10-13-16-19-22-25-28-30-32-34-35-36-38-39-42-45-48-51-54-57-60-63-69(72)75-66-67(65-74-68(71)62-59-56-53-50-47-44-41-27-24-21-18-15-12-9-6-3)76-70(73)64-61-58-55-52-49-46-43-40-37-33-31-29-26-23-20-17-14-11-8-5-2/h7,9-10,12,16,18-19,21,25,27-28,32,34,36,38,41-42,45,67H,4-6,8,11,13-15,17,20,22-24,26,29-31,33,35,37,39-40,43-44,46-66H2,1-3H3/b10-7-,12-9-,19-16-,21-18-,28-25-,34-32-,38-36-,41-27-,45-42-. The molecule has 0 aliphatic carbocycles. The Kier molecular flexibility index (Phi) is 60.3. The fourth-order valence-electron chi connectivity index (χ4n) is 8.81. The minimum Gasteiger partial charge on any atom is -0.462 e. The Morgan fingerprint density at radius 2 is 0.513 bits per heavy atom. The zero-order valence-corrected chi connectivity index (χ0v) is 49.7. The summed E-state index contributed by atoms with van der Waals surface area (Å²) in [5.41, 5.74) is 0. The van der Waals surface area contributed by atoms with Crippen LogP contribution in [-0.2, 0) is 28.6 Å². The van der Waals surface area contributed by atoms with Gasteiger partial charge in [0.15, 0.2) is 6.10 Å². The Balaban J connectivity index is 4.43. The van der Waals surface area contributed by atoms with Crippen LogP contribution in [0.4, 0.5) is 0 Å². The number of rotatable bonds is 57. The Morgan fingerprint density at radius 3 is 0.803 bits per heavy atom. The van der Waals surface area contributed by atoms with Gasteiger partial charge in [-0.1, -0.05) is 284 Å². The van der Waals surface area contributed by atoms with Crippen molar-refractivity contribution in [3.05, 3.63) is 109 Å². The van der Waals surface area contributed by atoms with Crippen LogP contribution in [0.1, 0.15) is 297 Å². The van der Waals surface area contributed by atoms with Crippen molar-refractivity contribution in [1.82, 2.24) is 0 Å². The first-order valence-electron chi connectivity index (χ1n) is 31.9. The van der Waals surface area contributed by atoms with E-state index in [1.54, 1.807) is 0 Å². The lowest BCUT2D eigenvalue weighted by molar-refractivity contribution is -0.167. The molecule has 0 saturated carbocycles. The summed E-state index contributed by atoms with van der Waals surface area (Å²) < 4.78 is 16.9. The lowest BCUT2D eigenvalue weighted by Gasteiger charge is -2.18. The van der Waals surface area contributed by atoms with Gasteiger partial charge in [-0.15, -0.1) is 0 Å². The predicted molar refractivity (Wildman–Crippen MR) is 330 cm³/mol. The van der Waals surface area contributed by atoms with E-state index in [2.05, 4.69) is 130 Å². The summed E-state index contributed by atoms with van der Waals surface area (Å²) >= 11 is 0. The Morgan fingerprint density at radius 1 is 0.276 bits per heavy atom. The van der Waals surface area contributed by atoms with E-state index in [0.717, 1.165) is 148 Å². The van der Waals surface area contributed by atoms with Crippen molar-refractivity contribution in [2.45, 2.75) is 303 Å². The number of esters is 3. The van der Waals surface area contributed by atoms with Crippen molar-refractivity contribution in [3.8, 4) is 0 Å². The van der Waals surface area contributed by atoms with E-state index in [9.17, 15) is 14.4 Å². The van der Waals surface area contributed by atoms with Crippen molar-refractivity contribution in [1.29, 1.82) is 0 Å². The van der Waals surface area contributed by atoms with Crippen LogP contribution in [0.2, 0.25) is 0 Å². The van der Waals surface area contributed by atoms with Crippen molar-refractivity contribution >= 4 is 17.9 Å². The molecule has 0 aromatic rings. The van der Waals surface area contributed by atoms with Crippen LogP contribution in [0.3, 0.4) is 0 Å². The molecule has 0 saturated heterocycles. The van der Waals surface area contributed by atoms with Crippen LogP contribution >= 0.6 is 0 Å². The van der Waals surface area contributed by atoms with Gasteiger partial charge in [0.05, 0.1) is 0 Å². The molecule has 0 aliphatic rings. The molecule has 76 heavy (non-hydrogen) atoms. The topological polar surface area (TPSA) is 78.9 Å². The van der Waals surface area contributed by atoms with Gasteiger partial charge < -0.3 is 14.2 Å². The van der Waals surface area contributed by atoms with Crippen LogP contribution in [0.5, 0.6) is 0 Å². The smallest absolute Gasteiger partial charge is 0.306 e. The summed E-state index contributed by atoms with van der Waals surface area (Å²) in [6.07, 6.45) is 86.6. The molecule has 0 bridgehead atoms. The highest BCUT2D eigenvalue weighted by atomic mass is 16.6. The van der Waals surface area contributed by atoms with Crippen molar-refractivity contribution in [2.75, 3.05) is 13.2 Å². The second-order valence-electron chi connectivity index (χ2n) is 20.9. The number of hydrogen-bond acceptors (Lipinski definition) is 6. The number of ether oxygens (including phenoxy) is 3. The highest BCUT2D eigenvalue weighted by Gasteiger charge is 2.19. The second-order valence-corrected chi connectivity index (χ2v) is 20.9. The molecular formula is C70H118O6. The van der Waals surface area contributed by atoms with Crippen LogP contribution in [-0.4, -0.2) is 37.2 Å². The lowest BCUT2D eigenvalue weighted by atomic mass is 10.0. The zero-order chi connectivity index (χ0) is 55.0. The van der Waals surface area contributed by atoms with E-state index in [-0.39, 0.29) is 31.1 Å². The molecule has 6 nitrogen and oxygen atoms in total. The third kappa shape index (κ3) is 60.9. The predicted octanol–water partition coefficient (Wildman–Crippen LogP) is 21.8. The van der Waals surface area contributed by atoms with Crippen molar-refractivity contribution in [2.24, 2.45) is 0 Å². The third-order valence-electron chi connectivity index (χ3n) is 13.5. The van der Waals surface area contributed by atoms with Gasteiger partial charge in [0.1, 0.15) is 13.2 Å². The normalized spacial score (nSPS) is 12.8. The summed E-state index contributed by atoms with van der Waals surface area (Å²) in [5, 5.41) is 0. The summed E-state index contributed by atoms with van der Waals surface area (Å²) in [6, 6.07) is 0. The van der Waals surface area contributed by atoms with Gasteiger partial charge in [0.2, 0.25) is 0 Å². The summed E-state index contributed by atoms with van der Waals surface area (Å²) in [6.45, 7) is 6.41. The largest absolute Gasteiger partial charge is 0.462 e. The quantitative estimate of drug-likeness (QED) is 0.0261. The van der Waals surface area contributed by atoms with Crippen molar-refractivity contribution in [3.63, 3.8) is 0 Å². The average molecular weight is 1060 g/mol. The monoisotopic (exact) mass is 1050 g/mol. The van der Waals surface area contributed by atoms with Crippen molar-refractivity contribution < 1.29 is 28.6 Å². The fourth-order valence-corrected chi connectivity index (χ4v) is 8.81. The molecule has 0 heterocycles. The van der Waals surface area contributed by atoms with E-state index >= 15 is 0 Å². The highest BCUT2D eigenvalue weighted by Crippen LogP contribution is 2.16. The summed E-state index contributed by atoms with van der Waals surface area (Å²) in [7, 11) is 0. The molecule has 0 aromatic heterocycles. The molecule has 0 rings (SSSR count). The summed E-state index contributed by atoms with van der Waals surface area (Å²) in [5.74, 6) is -0.926. The van der Waals surface area contributed by atoms with Crippen LogP contribution in [0, 0.1) is 0 Å². The van der Waals surface area contributed by atoms with Gasteiger partial charge in [-0.3, -0.25) is 14.4 Å². The Hall–Kier alpha value is -3.93. The van der Waals surface area contributed by atoms with Gasteiger partial charge in [-0.05, 0) is 103 Å². The van der Waals surface area contributed by atoms with E-state index in [4.69, 9.17) is 14.2 Å². The zero-order valence-electron chi connectivity index (χ0n) is 49.7. The molecule has 6 heteroatoms. The van der Waals surface area contributed by atoms with Gasteiger partial charge in [-0.2, -0.15) is 0 Å². The SMILES string of the molecule is CC/C=C\C/C=C\C/C=C\C/C=C\C/C=C\C/C=C\CCCCCCC(=O)OCC(COC(=O)CCCCCCC/C=C\C/C=C\C/C=C\CC)OC(=O)CCCCCCCCCCCCCCCCCCCCCC. The number of carbonyl (C=O) groups excluding carboxylic acids is 3. The van der Waals surface area contributed by atoms with Crippen LogP contribution in [0.15, 0.2) is 109 Å². The van der Waals surface area contributed by atoms with E-state index in [1.165, 1.54) is 109 Å². The average Bonchev–Trinajstić information content (AvgIpc) is 3.42. The third-order valence-corrected chi connectivity index (χ3v) is 13.5. The first-order valence-corrected chi connectivity index (χ1v) is 31.9. The van der Waals surface area contributed by atoms with E-state index < -0.39 is 6.10 Å². The molecule has 1 unspecified atom stereocenters. The van der Waals surface area contributed by atoms with Gasteiger partial charge in [0, 0.05) is 19.3 Å². The molecule has 434 valence electrons. The van der Waals surface area contributed by atoms with Crippen LogP contribution in [0.25, 0.3) is 0 Å². The Bertz CT molecular complexity index is 1540. The molecule has 0 amide bonds. The lowest BCUT2D eigenvalue weighted by Crippen LogP contribution is -2.30. The second kappa shape index (κ2) is 63.6. The minimum atomic E-state index is -0.798. The maximum Gasteiger partial charge on any atom is 0.306 e. The van der Waals surface area contributed by atoms with E-state index in [1.807, 2.05) is 0 Å². The number of unbranched alkanes of at least 4 members (excludes halogenated alkanes) is 28. The summed E-state index contributed by atoms with van der Waals surface area (Å²) in [4.78, 5) is 38.3. The Labute approximate surface area is 470 Å². The van der Waals surface area contributed by atoms with Gasteiger partial charge in [0.25, 0.3) is 0 Å². The molecule has 1 atom stereocenters. The fraction of sp³-hybridized carbons (Fsp3) is 0.700. The van der Waals surface area contributed by atoms with E-state index in [0.29, 0.717) is 19.3 Å².